The Bertz CT molecular complexity index is 1010. The van der Waals surface area contributed by atoms with Crippen LogP contribution in [-0.4, -0.2) is 29.0 Å². The minimum absolute atomic E-state index is 0.185. The van der Waals surface area contributed by atoms with Crippen molar-refractivity contribution in [3.63, 3.8) is 0 Å². The summed E-state index contributed by atoms with van der Waals surface area (Å²) in [6.07, 6.45) is 1.31. The summed E-state index contributed by atoms with van der Waals surface area (Å²) in [5.41, 5.74) is 3.70. The second kappa shape index (κ2) is 5.82. The monoisotopic (exact) mass is 387 g/mol. The molecule has 4 heteroatoms. The number of allylic oxidation sites excluding steroid dienone is 1. The molecule has 1 aliphatic heterocycles. The number of hydrogen-bond donors (Lipinski definition) is 0. The molecular weight excluding hydrogens is 362 g/mol. The van der Waals surface area contributed by atoms with Gasteiger partial charge < -0.3 is 4.74 Å². The highest BCUT2D eigenvalue weighted by atomic mass is 16.6. The Morgan fingerprint density at radius 1 is 1.07 bits per heavy atom. The number of amides is 2. The van der Waals surface area contributed by atoms with Crippen LogP contribution >= 0.6 is 0 Å². The first-order chi connectivity index (χ1) is 13.9. The molecule has 1 heterocycles. The number of ether oxygens (including phenoxy) is 1. The van der Waals surface area contributed by atoms with Crippen LogP contribution in [0.3, 0.4) is 0 Å². The molecule has 4 nitrogen and oxygen atoms in total. The number of carbonyl (C=O) groups is 2. The molecule has 1 saturated heterocycles. The Balaban J connectivity index is 1.78. The quantitative estimate of drug-likeness (QED) is 0.726. The van der Waals surface area contributed by atoms with E-state index in [9.17, 15) is 9.59 Å². The van der Waals surface area contributed by atoms with Crippen LogP contribution in [0, 0.1) is 5.92 Å². The SMILES string of the molecule is C=CC[C@H](C)C(=O)N1C(=O)O[C@H]2[C@@H]1C1(C)c3ccccc3C2(C)c2ccccc21. The van der Waals surface area contributed by atoms with Gasteiger partial charge in [0.2, 0.25) is 5.91 Å². The lowest BCUT2D eigenvalue weighted by Gasteiger charge is -2.58. The first-order valence-corrected chi connectivity index (χ1v) is 10.2. The highest BCUT2D eigenvalue weighted by Gasteiger charge is 2.69. The average molecular weight is 387 g/mol. The zero-order valence-electron chi connectivity index (χ0n) is 17.0. The van der Waals surface area contributed by atoms with Crippen LogP contribution in [0.5, 0.6) is 0 Å². The molecule has 1 fully saturated rings. The molecule has 2 amide bonds. The number of hydrogen-bond acceptors (Lipinski definition) is 3. The van der Waals surface area contributed by atoms with Crippen LogP contribution in [0.15, 0.2) is 61.2 Å². The molecule has 2 aromatic rings. The average Bonchev–Trinajstić information content (AvgIpc) is 3.10. The van der Waals surface area contributed by atoms with Gasteiger partial charge in [0.05, 0.1) is 11.5 Å². The van der Waals surface area contributed by atoms with E-state index in [0.29, 0.717) is 6.42 Å². The molecule has 0 radical (unpaired) electrons. The fraction of sp³-hybridized carbons (Fsp3) is 0.360. The summed E-state index contributed by atoms with van der Waals surface area (Å²) in [7, 11) is 0. The Labute approximate surface area is 171 Å². The molecule has 3 aliphatic carbocycles. The third kappa shape index (κ3) is 1.99. The molecule has 148 valence electrons. The van der Waals surface area contributed by atoms with Gasteiger partial charge in [0, 0.05) is 11.3 Å². The molecule has 2 aromatic carbocycles. The lowest BCUT2D eigenvalue weighted by molar-refractivity contribution is -0.134. The molecule has 0 unspecified atom stereocenters. The van der Waals surface area contributed by atoms with Crippen molar-refractivity contribution in [1.82, 2.24) is 4.90 Å². The van der Waals surface area contributed by atoms with Crippen molar-refractivity contribution in [2.45, 2.75) is 50.2 Å². The van der Waals surface area contributed by atoms with E-state index in [4.69, 9.17) is 4.74 Å². The summed E-state index contributed by atoms with van der Waals surface area (Å²) in [5, 5.41) is 0. The molecular formula is C25H25NO3. The van der Waals surface area contributed by atoms with Crippen molar-refractivity contribution in [1.29, 1.82) is 0 Å². The van der Waals surface area contributed by atoms with E-state index in [2.05, 4.69) is 44.7 Å². The van der Waals surface area contributed by atoms with Gasteiger partial charge in [-0.3, -0.25) is 4.79 Å². The van der Waals surface area contributed by atoms with E-state index in [-0.39, 0.29) is 17.9 Å². The molecule has 6 rings (SSSR count). The van der Waals surface area contributed by atoms with Gasteiger partial charge in [-0.15, -0.1) is 6.58 Å². The van der Waals surface area contributed by atoms with Gasteiger partial charge in [-0.1, -0.05) is 61.5 Å². The number of benzene rings is 2. The highest BCUT2D eigenvalue weighted by molar-refractivity contribution is 5.96. The first-order valence-electron chi connectivity index (χ1n) is 10.2. The minimum Gasteiger partial charge on any atom is -0.442 e. The maximum Gasteiger partial charge on any atom is 0.417 e. The van der Waals surface area contributed by atoms with Crippen molar-refractivity contribution in [3.8, 4) is 0 Å². The predicted octanol–water partition coefficient (Wildman–Crippen LogP) is 4.55. The number of rotatable bonds is 3. The maximum atomic E-state index is 13.3. The van der Waals surface area contributed by atoms with E-state index in [0.717, 1.165) is 0 Å². The smallest absolute Gasteiger partial charge is 0.417 e. The summed E-state index contributed by atoms with van der Waals surface area (Å²) in [5.74, 6) is -0.504. The Kier molecular flexibility index (Phi) is 3.64. The molecule has 0 aromatic heterocycles. The van der Waals surface area contributed by atoms with Gasteiger partial charge in [0.1, 0.15) is 6.10 Å². The third-order valence-corrected chi connectivity index (χ3v) is 7.42. The maximum absolute atomic E-state index is 13.3. The fourth-order valence-corrected chi connectivity index (χ4v) is 5.98. The topological polar surface area (TPSA) is 46.6 Å². The molecule has 0 saturated carbocycles. The van der Waals surface area contributed by atoms with Gasteiger partial charge in [0.15, 0.2) is 0 Å². The summed E-state index contributed by atoms with van der Waals surface area (Å²) < 4.78 is 5.98. The first kappa shape index (κ1) is 18.2. The van der Waals surface area contributed by atoms with Crippen LogP contribution in [0.25, 0.3) is 0 Å². The van der Waals surface area contributed by atoms with Crippen molar-refractivity contribution in [2.75, 3.05) is 0 Å². The van der Waals surface area contributed by atoms with E-state index in [1.807, 2.05) is 31.2 Å². The van der Waals surface area contributed by atoms with Crippen molar-refractivity contribution in [3.05, 3.63) is 83.4 Å². The van der Waals surface area contributed by atoms with Gasteiger partial charge in [-0.25, -0.2) is 9.69 Å². The van der Waals surface area contributed by atoms with E-state index < -0.39 is 23.0 Å². The summed E-state index contributed by atoms with van der Waals surface area (Å²) >= 11 is 0. The predicted molar refractivity (Wildman–Crippen MR) is 111 cm³/mol. The van der Waals surface area contributed by atoms with E-state index in [1.165, 1.54) is 27.2 Å². The molecule has 29 heavy (non-hydrogen) atoms. The molecule has 2 bridgehead atoms. The summed E-state index contributed by atoms with van der Waals surface area (Å²) in [6, 6.07) is 16.3. The second-order valence-electron chi connectivity index (χ2n) is 8.88. The van der Waals surface area contributed by atoms with Crippen LogP contribution < -0.4 is 0 Å². The van der Waals surface area contributed by atoms with Gasteiger partial charge in [-0.2, -0.15) is 0 Å². The third-order valence-electron chi connectivity index (χ3n) is 7.42. The highest BCUT2D eigenvalue weighted by Crippen LogP contribution is 2.62. The summed E-state index contributed by atoms with van der Waals surface area (Å²) in [6.45, 7) is 9.89. The zero-order chi connectivity index (χ0) is 20.6. The van der Waals surface area contributed by atoms with Gasteiger partial charge in [-0.05, 0) is 42.5 Å². The van der Waals surface area contributed by atoms with Crippen LogP contribution in [0.4, 0.5) is 4.79 Å². The minimum atomic E-state index is -0.529. The number of imide groups is 1. The van der Waals surface area contributed by atoms with Crippen molar-refractivity contribution >= 4 is 12.0 Å². The summed E-state index contributed by atoms with van der Waals surface area (Å²) in [4.78, 5) is 27.8. The van der Waals surface area contributed by atoms with E-state index in [1.54, 1.807) is 6.08 Å². The van der Waals surface area contributed by atoms with Gasteiger partial charge >= 0.3 is 6.09 Å². The van der Waals surface area contributed by atoms with E-state index >= 15 is 0 Å². The van der Waals surface area contributed by atoms with Gasteiger partial charge in [0.25, 0.3) is 0 Å². The van der Waals surface area contributed by atoms with Crippen molar-refractivity contribution in [2.24, 2.45) is 5.92 Å². The molecule has 0 N–H and O–H groups in total. The standard InChI is InChI=1S/C25H25NO3/c1-5-10-15(2)22(27)26-20-21(29-23(26)28)25(4)18-13-8-6-11-16(18)24(20,3)17-12-7-9-14-19(17)25/h5-9,11-15,20-21H,1,10H2,2-4H3/t15-,20+,21-,24?,25?/m0/s1. The van der Waals surface area contributed by atoms with Crippen LogP contribution in [0.1, 0.15) is 49.4 Å². The Morgan fingerprint density at radius 3 is 2.03 bits per heavy atom. The number of carbonyl (C=O) groups excluding carboxylic acids is 2. The van der Waals surface area contributed by atoms with Crippen LogP contribution in [0.2, 0.25) is 0 Å². The normalized spacial score (nSPS) is 32.1. The van der Waals surface area contributed by atoms with Crippen molar-refractivity contribution < 1.29 is 14.3 Å². The largest absolute Gasteiger partial charge is 0.442 e. The molecule has 3 atom stereocenters. The molecule has 4 aliphatic rings. The second-order valence-corrected chi connectivity index (χ2v) is 8.88. The lowest BCUT2D eigenvalue weighted by atomic mass is 9.47. The van der Waals surface area contributed by atoms with Crippen LogP contribution in [-0.2, 0) is 20.4 Å². The zero-order valence-corrected chi connectivity index (χ0v) is 17.0. The Hall–Kier alpha value is -2.88. The number of nitrogens with zero attached hydrogens (tertiary/aromatic N) is 1. The fourth-order valence-electron chi connectivity index (χ4n) is 5.98. The lowest BCUT2D eigenvalue weighted by Crippen LogP contribution is -2.66. The Morgan fingerprint density at radius 2 is 1.55 bits per heavy atom. The molecule has 0 spiro atoms.